The quantitative estimate of drug-likeness (QED) is 0.773. The van der Waals surface area contributed by atoms with E-state index in [1.807, 2.05) is 0 Å². The molecule has 86 valence electrons. The van der Waals surface area contributed by atoms with Crippen LogP contribution in [0.25, 0.3) is 0 Å². The number of hydrogen-bond donors (Lipinski definition) is 0. The van der Waals surface area contributed by atoms with Crippen molar-refractivity contribution in [2.75, 3.05) is 18.0 Å². The summed E-state index contributed by atoms with van der Waals surface area (Å²) in [6, 6.07) is 8.44. The lowest BCUT2D eigenvalue weighted by molar-refractivity contribution is -0.117. The normalized spacial score (nSPS) is 14.7. The van der Waals surface area contributed by atoms with Crippen LogP contribution in [0.5, 0.6) is 0 Å². The van der Waals surface area contributed by atoms with Gasteiger partial charge in [-0.2, -0.15) is 0 Å². The maximum atomic E-state index is 11.7. The zero-order valence-electron chi connectivity index (χ0n) is 9.91. The number of aryl methyl sites for hydroxylation is 1. The van der Waals surface area contributed by atoms with E-state index in [4.69, 9.17) is 0 Å². The number of nitrogens with zero attached hydrogens (tertiary/aromatic N) is 1. The first-order chi connectivity index (χ1) is 7.81. The molecule has 2 heteroatoms. The number of ketones is 1. The van der Waals surface area contributed by atoms with Crippen LogP contribution in [0, 0.1) is 0 Å². The van der Waals surface area contributed by atoms with E-state index in [0.29, 0.717) is 18.7 Å². The van der Waals surface area contributed by atoms with Crippen molar-refractivity contribution >= 4 is 11.5 Å². The minimum atomic E-state index is 0.360. The molecule has 1 heterocycles. The Bertz CT molecular complexity index is 373. The van der Waals surface area contributed by atoms with E-state index in [1.165, 1.54) is 11.3 Å². The molecular formula is C14H19NO. The van der Waals surface area contributed by atoms with Crippen LogP contribution in [-0.2, 0) is 11.2 Å². The summed E-state index contributed by atoms with van der Waals surface area (Å²) in [5, 5.41) is 0. The largest absolute Gasteiger partial charge is 0.364 e. The van der Waals surface area contributed by atoms with E-state index in [9.17, 15) is 4.79 Å². The molecule has 1 aliphatic heterocycles. The van der Waals surface area contributed by atoms with Gasteiger partial charge in [0.15, 0.2) is 5.78 Å². The summed E-state index contributed by atoms with van der Waals surface area (Å²) < 4.78 is 0. The van der Waals surface area contributed by atoms with Gasteiger partial charge in [-0.3, -0.25) is 4.79 Å². The van der Waals surface area contributed by atoms with Crippen LogP contribution >= 0.6 is 0 Å². The highest BCUT2D eigenvalue weighted by atomic mass is 16.1. The second-order valence-corrected chi connectivity index (χ2v) is 4.44. The van der Waals surface area contributed by atoms with E-state index in [2.05, 4.69) is 36.1 Å². The van der Waals surface area contributed by atoms with Gasteiger partial charge in [0, 0.05) is 18.7 Å². The zero-order chi connectivity index (χ0) is 11.4. The molecular weight excluding hydrogens is 198 g/mol. The van der Waals surface area contributed by atoms with Crippen LogP contribution in [0.2, 0.25) is 0 Å². The van der Waals surface area contributed by atoms with Crippen LogP contribution in [0.15, 0.2) is 24.3 Å². The Morgan fingerprint density at radius 2 is 2.19 bits per heavy atom. The lowest BCUT2D eigenvalue weighted by Crippen LogP contribution is -2.34. The molecule has 16 heavy (non-hydrogen) atoms. The summed E-state index contributed by atoms with van der Waals surface area (Å²) in [4.78, 5) is 13.9. The number of rotatable bonds is 4. The third-order valence-electron chi connectivity index (χ3n) is 3.10. The van der Waals surface area contributed by atoms with E-state index >= 15 is 0 Å². The van der Waals surface area contributed by atoms with Crippen molar-refractivity contribution in [2.45, 2.75) is 32.6 Å². The van der Waals surface area contributed by atoms with Crippen molar-refractivity contribution in [1.29, 1.82) is 0 Å². The Morgan fingerprint density at radius 3 is 3.00 bits per heavy atom. The van der Waals surface area contributed by atoms with Crippen molar-refractivity contribution in [3.05, 3.63) is 29.8 Å². The molecule has 0 saturated heterocycles. The molecule has 1 aliphatic rings. The third-order valence-corrected chi connectivity index (χ3v) is 3.10. The summed E-state index contributed by atoms with van der Waals surface area (Å²) in [6.07, 6.45) is 3.97. The van der Waals surface area contributed by atoms with Gasteiger partial charge in [-0.15, -0.1) is 0 Å². The average molecular weight is 217 g/mol. The van der Waals surface area contributed by atoms with E-state index in [-0.39, 0.29) is 0 Å². The molecule has 0 bridgehead atoms. The molecule has 0 unspecified atom stereocenters. The summed E-state index contributed by atoms with van der Waals surface area (Å²) in [7, 11) is 0. The minimum absolute atomic E-state index is 0.360. The Labute approximate surface area is 97.3 Å². The van der Waals surface area contributed by atoms with Gasteiger partial charge in [0.05, 0.1) is 6.54 Å². The summed E-state index contributed by atoms with van der Waals surface area (Å²) in [5.41, 5.74) is 2.65. The highest BCUT2D eigenvalue weighted by molar-refractivity contribution is 5.83. The van der Waals surface area contributed by atoms with Crippen molar-refractivity contribution < 1.29 is 4.79 Å². The van der Waals surface area contributed by atoms with E-state index in [0.717, 1.165) is 25.8 Å². The fourth-order valence-corrected chi connectivity index (χ4v) is 2.35. The molecule has 1 aromatic rings. The van der Waals surface area contributed by atoms with Gasteiger partial charge >= 0.3 is 0 Å². The Hall–Kier alpha value is -1.31. The van der Waals surface area contributed by atoms with Crippen molar-refractivity contribution in [2.24, 2.45) is 0 Å². The maximum absolute atomic E-state index is 11.7. The van der Waals surface area contributed by atoms with Crippen LogP contribution in [-0.4, -0.2) is 18.9 Å². The monoisotopic (exact) mass is 217 g/mol. The Balaban J connectivity index is 2.10. The highest BCUT2D eigenvalue weighted by Crippen LogP contribution is 2.26. The Kier molecular flexibility index (Phi) is 3.60. The van der Waals surface area contributed by atoms with Crippen molar-refractivity contribution in [3.8, 4) is 0 Å². The predicted molar refractivity (Wildman–Crippen MR) is 66.9 cm³/mol. The lowest BCUT2D eigenvalue weighted by Gasteiger charge is -2.30. The van der Waals surface area contributed by atoms with Crippen molar-refractivity contribution in [3.63, 3.8) is 0 Å². The number of benzene rings is 1. The molecule has 0 amide bonds. The molecule has 0 aromatic heterocycles. The first-order valence-electron chi connectivity index (χ1n) is 6.16. The van der Waals surface area contributed by atoms with Gasteiger partial charge in [-0.25, -0.2) is 0 Å². The summed E-state index contributed by atoms with van der Waals surface area (Å²) in [5.74, 6) is 0.360. The molecule has 0 radical (unpaired) electrons. The van der Waals surface area contributed by atoms with Gasteiger partial charge in [-0.1, -0.05) is 25.1 Å². The van der Waals surface area contributed by atoms with Crippen molar-refractivity contribution in [1.82, 2.24) is 0 Å². The number of anilines is 1. The second kappa shape index (κ2) is 5.15. The molecule has 2 rings (SSSR count). The average Bonchev–Trinajstić information content (AvgIpc) is 2.30. The summed E-state index contributed by atoms with van der Waals surface area (Å²) in [6.45, 7) is 3.67. The molecule has 2 nitrogen and oxygen atoms in total. The lowest BCUT2D eigenvalue weighted by atomic mass is 10.0. The maximum Gasteiger partial charge on any atom is 0.152 e. The molecule has 0 fully saturated rings. The van der Waals surface area contributed by atoms with E-state index < -0.39 is 0 Å². The van der Waals surface area contributed by atoms with Crippen LogP contribution in [0.1, 0.15) is 31.7 Å². The predicted octanol–water partition coefficient (Wildman–Crippen LogP) is 2.81. The van der Waals surface area contributed by atoms with Crippen LogP contribution < -0.4 is 4.90 Å². The smallest absolute Gasteiger partial charge is 0.152 e. The van der Waals surface area contributed by atoms with Crippen LogP contribution in [0.4, 0.5) is 5.69 Å². The standard InChI is InChI=1S/C14H19NO/c1-2-6-13(16)11-15-10-5-8-12-7-3-4-9-14(12)15/h3-4,7,9H,2,5-6,8,10-11H2,1H3. The first-order valence-corrected chi connectivity index (χ1v) is 6.16. The minimum Gasteiger partial charge on any atom is -0.364 e. The third kappa shape index (κ3) is 2.43. The summed E-state index contributed by atoms with van der Waals surface area (Å²) >= 11 is 0. The molecule has 0 aliphatic carbocycles. The second-order valence-electron chi connectivity index (χ2n) is 4.44. The van der Waals surface area contributed by atoms with Gasteiger partial charge in [0.2, 0.25) is 0 Å². The molecule has 0 spiro atoms. The van der Waals surface area contributed by atoms with Gasteiger partial charge in [0.1, 0.15) is 0 Å². The zero-order valence-corrected chi connectivity index (χ0v) is 9.91. The first kappa shape index (κ1) is 11.2. The highest BCUT2D eigenvalue weighted by Gasteiger charge is 2.17. The number of para-hydroxylation sites is 1. The number of fused-ring (bicyclic) bond motifs is 1. The molecule has 0 saturated carbocycles. The molecule has 0 atom stereocenters. The number of carbonyl (C=O) groups is 1. The van der Waals surface area contributed by atoms with Gasteiger partial charge in [0.25, 0.3) is 0 Å². The molecule has 0 N–H and O–H groups in total. The number of hydrogen-bond acceptors (Lipinski definition) is 2. The number of Topliss-reactive ketones (excluding diaryl/α,β-unsaturated/α-hetero) is 1. The SMILES string of the molecule is CCCC(=O)CN1CCCc2ccccc21. The van der Waals surface area contributed by atoms with E-state index in [1.54, 1.807) is 0 Å². The van der Waals surface area contributed by atoms with Gasteiger partial charge in [-0.05, 0) is 30.9 Å². The topological polar surface area (TPSA) is 20.3 Å². The fourth-order valence-electron chi connectivity index (χ4n) is 2.35. The Morgan fingerprint density at radius 1 is 1.38 bits per heavy atom. The fraction of sp³-hybridized carbons (Fsp3) is 0.500. The van der Waals surface area contributed by atoms with Crippen LogP contribution in [0.3, 0.4) is 0 Å². The molecule has 1 aromatic carbocycles. The number of carbonyl (C=O) groups excluding carboxylic acids is 1. The van der Waals surface area contributed by atoms with Gasteiger partial charge < -0.3 is 4.90 Å².